The van der Waals surface area contributed by atoms with Gasteiger partial charge in [-0.05, 0) is 32.5 Å². The predicted molar refractivity (Wildman–Crippen MR) is 92.3 cm³/mol. The minimum atomic E-state index is -1.31. The lowest BCUT2D eigenvalue weighted by Gasteiger charge is -2.40. The van der Waals surface area contributed by atoms with Crippen molar-refractivity contribution >= 4 is 5.91 Å². The molecule has 1 saturated heterocycles. The monoisotopic (exact) mass is 336 g/mol. The number of para-hydroxylation sites is 1. The molecule has 6 nitrogen and oxygen atoms in total. The molecule has 0 spiro atoms. The maximum Gasteiger partial charge on any atom is 0.256 e. The summed E-state index contributed by atoms with van der Waals surface area (Å²) in [5.41, 5.74) is -0.437. The van der Waals surface area contributed by atoms with Gasteiger partial charge in [-0.25, -0.2) is 0 Å². The summed E-state index contributed by atoms with van der Waals surface area (Å²) in [6.07, 6.45) is 1.29. The lowest BCUT2D eigenvalue weighted by atomic mass is 9.90. The quantitative estimate of drug-likeness (QED) is 0.818. The summed E-state index contributed by atoms with van der Waals surface area (Å²) in [6.45, 7) is 4.19. The van der Waals surface area contributed by atoms with Crippen LogP contribution < -0.4 is 9.47 Å². The second-order valence-corrected chi connectivity index (χ2v) is 6.34. The second-order valence-electron chi connectivity index (χ2n) is 6.34. The molecule has 1 atom stereocenters. The largest absolute Gasteiger partial charge is 0.493 e. The molecule has 1 N–H and O–H groups in total. The number of aliphatic hydroxyl groups is 1. The van der Waals surface area contributed by atoms with Crippen molar-refractivity contribution < 1.29 is 19.4 Å². The molecule has 1 fully saturated rings. The van der Waals surface area contributed by atoms with E-state index < -0.39 is 5.60 Å². The zero-order valence-electron chi connectivity index (χ0n) is 15.0. The highest BCUT2D eigenvalue weighted by Crippen LogP contribution is 2.33. The third-order valence-electron chi connectivity index (χ3n) is 4.62. The molecular formula is C18H28N2O4. The Morgan fingerprint density at radius 2 is 2.08 bits per heavy atom. The molecule has 1 aliphatic rings. The fraction of sp³-hybridized carbons (Fsp3) is 0.611. The van der Waals surface area contributed by atoms with E-state index in [4.69, 9.17) is 9.47 Å². The molecule has 1 aromatic rings. The Labute approximate surface area is 144 Å². The van der Waals surface area contributed by atoms with Crippen LogP contribution in [0.1, 0.15) is 25.3 Å². The van der Waals surface area contributed by atoms with Gasteiger partial charge in [0, 0.05) is 25.2 Å². The number of likely N-dealkylation sites (tertiary alicyclic amines) is 1. The van der Waals surface area contributed by atoms with Crippen LogP contribution in [-0.4, -0.2) is 67.3 Å². The summed E-state index contributed by atoms with van der Waals surface area (Å²) >= 11 is 0. The molecule has 1 heterocycles. The van der Waals surface area contributed by atoms with Crippen LogP contribution in [0.2, 0.25) is 0 Å². The van der Waals surface area contributed by atoms with Crippen LogP contribution in [0.25, 0.3) is 0 Å². The van der Waals surface area contributed by atoms with Crippen LogP contribution in [0.4, 0.5) is 0 Å². The first kappa shape index (κ1) is 18.5. The van der Waals surface area contributed by atoms with E-state index >= 15 is 0 Å². The van der Waals surface area contributed by atoms with Gasteiger partial charge in [-0.15, -0.1) is 0 Å². The number of rotatable bonds is 7. The minimum Gasteiger partial charge on any atom is -0.493 e. The minimum absolute atomic E-state index is 0.209. The lowest BCUT2D eigenvalue weighted by molar-refractivity contribution is -0.159. The Bertz CT molecular complexity index is 578. The van der Waals surface area contributed by atoms with Gasteiger partial charge >= 0.3 is 0 Å². The predicted octanol–water partition coefficient (Wildman–Crippen LogP) is 1.51. The van der Waals surface area contributed by atoms with Gasteiger partial charge < -0.3 is 24.4 Å². The number of piperidine rings is 1. The number of ether oxygens (including phenoxy) is 2. The zero-order valence-corrected chi connectivity index (χ0v) is 15.0. The first-order valence-corrected chi connectivity index (χ1v) is 8.35. The summed E-state index contributed by atoms with van der Waals surface area (Å²) in [4.78, 5) is 16.5. The van der Waals surface area contributed by atoms with E-state index in [-0.39, 0.29) is 5.91 Å². The lowest BCUT2D eigenvalue weighted by Crippen LogP contribution is -2.57. The van der Waals surface area contributed by atoms with E-state index in [0.29, 0.717) is 37.6 Å². The Morgan fingerprint density at radius 1 is 1.33 bits per heavy atom. The maximum absolute atomic E-state index is 12.8. The highest BCUT2D eigenvalue weighted by Gasteiger charge is 2.42. The standard InChI is InChI=1S/C18H28N2O4/c1-5-19(2)13-18(22)10-7-11-20(17(18)21)12-14-8-6-9-15(23-3)16(14)24-4/h6,8-9,22H,5,7,10-13H2,1-4H3/t18-/m0/s1. The highest BCUT2D eigenvalue weighted by molar-refractivity contribution is 5.86. The van der Waals surface area contributed by atoms with Gasteiger partial charge in [0.05, 0.1) is 14.2 Å². The average Bonchev–Trinajstić information content (AvgIpc) is 2.58. The first-order valence-electron chi connectivity index (χ1n) is 8.35. The third-order valence-corrected chi connectivity index (χ3v) is 4.62. The summed E-state index contributed by atoms with van der Waals surface area (Å²) in [5.74, 6) is 1.06. The van der Waals surface area contributed by atoms with Gasteiger partial charge in [0.2, 0.25) is 0 Å². The number of methoxy groups -OCH3 is 2. The van der Waals surface area contributed by atoms with E-state index in [1.807, 2.05) is 37.1 Å². The number of carbonyl (C=O) groups excluding carboxylic acids is 1. The van der Waals surface area contributed by atoms with Gasteiger partial charge in [0.25, 0.3) is 5.91 Å². The number of nitrogens with zero attached hydrogens (tertiary/aromatic N) is 2. The number of amides is 1. The number of hydrogen-bond acceptors (Lipinski definition) is 5. The Balaban J connectivity index is 2.19. The van der Waals surface area contributed by atoms with Gasteiger partial charge in [-0.1, -0.05) is 19.1 Å². The molecule has 0 saturated carbocycles. The highest BCUT2D eigenvalue weighted by atomic mass is 16.5. The Morgan fingerprint density at radius 3 is 2.71 bits per heavy atom. The van der Waals surface area contributed by atoms with Gasteiger partial charge in [-0.3, -0.25) is 4.79 Å². The van der Waals surface area contributed by atoms with Crippen LogP contribution in [-0.2, 0) is 11.3 Å². The van der Waals surface area contributed by atoms with Crippen molar-refractivity contribution in [2.75, 3.05) is 40.9 Å². The SMILES string of the molecule is CCN(C)C[C@@]1(O)CCCN(Cc2cccc(OC)c2OC)C1=O. The van der Waals surface area contributed by atoms with E-state index in [1.54, 1.807) is 19.1 Å². The molecule has 1 amide bonds. The molecule has 2 rings (SSSR count). The zero-order chi connectivity index (χ0) is 17.7. The number of likely N-dealkylation sites (N-methyl/N-ethyl adjacent to an activating group) is 1. The Hall–Kier alpha value is -1.79. The molecule has 134 valence electrons. The van der Waals surface area contributed by atoms with Gasteiger partial charge in [0.1, 0.15) is 0 Å². The molecule has 24 heavy (non-hydrogen) atoms. The molecule has 0 bridgehead atoms. The van der Waals surface area contributed by atoms with Crippen LogP contribution in [0, 0.1) is 0 Å². The van der Waals surface area contributed by atoms with Crippen molar-refractivity contribution in [1.82, 2.24) is 9.80 Å². The van der Waals surface area contributed by atoms with E-state index in [2.05, 4.69) is 0 Å². The number of benzene rings is 1. The van der Waals surface area contributed by atoms with Crippen LogP contribution in [0.3, 0.4) is 0 Å². The summed E-state index contributed by atoms with van der Waals surface area (Å²) in [5, 5.41) is 10.8. The van der Waals surface area contributed by atoms with Crippen molar-refractivity contribution in [2.24, 2.45) is 0 Å². The van der Waals surface area contributed by atoms with E-state index in [0.717, 1.165) is 18.5 Å². The number of hydrogen-bond donors (Lipinski definition) is 1. The van der Waals surface area contributed by atoms with E-state index in [1.165, 1.54) is 0 Å². The van der Waals surface area contributed by atoms with Crippen LogP contribution >= 0.6 is 0 Å². The third kappa shape index (κ3) is 3.82. The fourth-order valence-corrected chi connectivity index (χ4v) is 3.20. The molecule has 1 aliphatic heterocycles. The molecular weight excluding hydrogens is 308 g/mol. The number of carbonyl (C=O) groups is 1. The molecule has 0 aliphatic carbocycles. The van der Waals surface area contributed by atoms with Crippen LogP contribution in [0.5, 0.6) is 11.5 Å². The molecule has 0 radical (unpaired) electrons. The van der Waals surface area contributed by atoms with Gasteiger partial charge in [0.15, 0.2) is 17.1 Å². The van der Waals surface area contributed by atoms with Crippen molar-refractivity contribution in [3.8, 4) is 11.5 Å². The molecule has 6 heteroatoms. The summed E-state index contributed by atoms with van der Waals surface area (Å²) < 4.78 is 10.8. The normalized spacial score (nSPS) is 21.2. The maximum atomic E-state index is 12.8. The molecule has 0 aromatic heterocycles. The van der Waals surface area contributed by atoms with Crippen molar-refractivity contribution in [1.29, 1.82) is 0 Å². The van der Waals surface area contributed by atoms with Gasteiger partial charge in [-0.2, -0.15) is 0 Å². The van der Waals surface area contributed by atoms with Crippen molar-refractivity contribution in [3.05, 3.63) is 23.8 Å². The summed E-state index contributed by atoms with van der Waals surface area (Å²) in [7, 11) is 5.09. The fourth-order valence-electron chi connectivity index (χ4n) is 3.20. The van der Waals surface area contributed by atoms with Crippen LogP contribution in [0.15, 0.2) is 18.2 Å². The first-order chi connectivity index (χ1) is 11.4. The van der Waals surface area contributed by atoms with E-state index in [9.17, 15) is 9.90 Å². The second kappa shape index (κ2) is 7.85. The topological polar surface area (TPSA) is 62.2 Å². The molecule has 0 unspecified atom stereocenters. The Kier molecular flexibility index (Phi) is 6.07. The smallest absolute Gasteiger partial charge is 0.256 e. The molecule has 1 aromatic carbocycles. The van der Waals surface area contributed by atoms with Crippen molar-refractivity contribution in [3.63, 3.8) is 0 Å². The van der Waals surface area contributed by atoms with Crippen molar-refractivity contribution in [2.45, 2.75) is 31.9 Å². The average molecular weight is 336 g/mol. The summed E-state index contributed by atoms with van der Waals surface area (Å²) in [6, 6.07) is 5.62.